The van der Waals surface area contributed by atoms with Gasteiger partial charge in [-0.25, -0.2) is 19.9 Å². The lowest BCUT2D eigenvalue weighted by molar-refractivity contribution is 1.05. The molecule has 30 aromatic rings. The molecule has 0 aliphatic carbocycles. The monoisotopic (exact) mass is 1840 g/mol. The van der Waals surface area contributed by atoms with Crippen LogP contribution in [0.25, 0.3) is 265 Å². The molecular formula is C132H84N12. The zero-order chi connectivity index (χ0) is 94.8. The molecular weight excluding hydrogens is 1750 g/mol. The molecule has 0 saturated heterocycles. The van der Waals surface area contributed by atoms with Crippen LogP contribution in [0.2, 0.25) is 0 Å². The maximum absolute atomic E-state index is 5.38. The minimum Gasteiger partial charge on any atom is -0.309 e. The van der Waals surface area contributed by atoms with Gasteiger partial charge in [-0.15, -0.1) is 0 Å². The lowest BCUT2D eigenvalue weighted by atomic mass is 9.98. The van der Waals surface area contributed by atoms with Gasteiger partial charge in [-0.1, -0.05) is 364 Å². The molecule has 9 aromatic heterocycles. The van der Waals surface area contributed by atoms with Crippen molar-refractivity contribution in [2.45, 2.75) is 0 Å². The molecule has 0 spiro atoms. The second-order valence-electron chi connectivity index (χ2n) is 36.7. The number of hydrogen-bond acceptors (Lipinski definition) is 6. The summed E-state index contributed by atoms with van der Waals surface area (Å²) < 4.78 is 14.5. The van der Waals surface area contributed by atoms with Crippen molar-refractivity contribution in [2.75, 3.05) is 0 Å². The fourth-order valence-corrected chi connectivity index (χ4v) is 22.4. The minimum atomic E-state index is 0.687. The van der Waals surface area contributed by atoms with E-state index in [0.717, 1.165) is 123 Å². The van der Waals surface area contributed by atoms with Crippen LogP contribution < -0.4 is 0 Å². The third-order valence-electron chi connectivity index (χ3n) is 28.6. The van der Waals surface area contributed by atoms with E-state index in [-0.39, 0.29) is 0 Å². The molecule has 9 heterocycles. The first-order valence-electron chi connectivity index (χ1n) is 48.8. The van der Waals surface area contributed by atoms with Crippen LogP contribution in [0.3, 0.4) is 0 Å². The number of hydrogen-bond donors (Lipinski definition) is 0. The highest BCUT2D eigenvalue weighted by Crippen LogP contribution is 2.51. The van der Waals surface area contributed by atoms with Gasteiger partial charge in [0.2, 0.25) is 0 Å². The van der Waals surface area contributed by atoms with Crippen LogP contribution >= 0.6 is 0 Å². The minimum absolute atomic E-state index is 0.687. The second-order valence-corrected chi connectivity index (χ2v) is 36.7. The van der Waals surface area contributed by atoms with Crippen LogP contribution in [0.1, 0.15) is 0 Å². The molecule has 0 radical (unpaired) electrons. The summed E-state index contributed by atoms with van der Waals surface area (Å²) in [7, 11) is 0. The normalized spacial score (nSPS) is 11.8. The lowest BCUT2D eigenvalue weighted by Gasteiger charge is -2.15. The van der Waals surface area contributed by atoms with E-state index in [0.29, 0.717) is 11.6 Å². The summed E-state index contributed by atoms with van der Waals surface area (Å²) >= 11 is 0. The molecule has 21 aromatic carbocycles. The van der Waals surface area contributed by atoms with Crippen LogP contribution in [0.4, 0.5) is 0 Å². The first-order chi connectivity index (χ1) is 71.5. The first kappa shape index (κ1) is 82.7. The Hall–Kier alpha value is -19.6. The van der Waals surface area contributed by atoms with Gasteiger partial charge < -0.3 is 22.8 Å². The molecule has 0 N–H and O–H groups in total. The highest BCUT2D eigenvalue weighted by atomic mass is 15.1. The SMILES string of the molecule is c1ccc(-c2cc(-c3ccccc3)nc(-c3cccc(-n4c5ccccc5c5c6ccccc6c6c7ccccc7n(-c7ccccc7)c6c54)c3)n2)cc1.c1ccc(-c2ccc(-n3c4cc5nccnc5cc4c4c3ccc3c5ccccc5n(-c5ccccc5)c34)cc2)cc1.c1ccc(-c2ncc(-c3ccccc3)c(-n3c4cc5c6ccccc6n(-c6ccccc6)c5cc4c4c5ccccc5ccc43)n2)cc1. The summed E-state index contributed by atoms with van der Waals surface area (Å²) in [5, 5.41) is 19.6. The standard InChI is InChI=1S/C50H32N4.C44H28N4.C38H24N4/c1-4-17-33(18-5-1)42-32-43(34-19-6-2-7-20-34)52-50(51-42)35-21-16-24-37(31-35)54-45-30-15-13-28-41(45)47-39-26-11-10-25-38(39)46-40-27-12-14-29-44(40)53(48(46)49(47)54)36-22-8-3-9-23-36;1-4-14-29(15-5-1)37-28-45-43(31-17-6-2-7-18-31)46-44(37)48-39-25-24-30-16-10-11-21-33(30)42(39)36-27-40-35(26-41(36)48)34-22-12-13-23-38(34)47(40)32-19-8-3-9-20-32;1-3-9-25(10-4-1)26-15-17-28(18-16-26)41-35-20-19-30-29-13-7-8-14-34(29)42(27-11-5-2-6-12-27)38(30)37(35)31-23-32-33(24-36(31)41)40-22-21-39-32/h1-32H;1-28H;1-24H. The van der Waals surface area contributed by atoms with Crippen molar-refractivity contribution in [3.63, 3.8) is 0 Å². The molecule has 0 saturated carbocycles. The second kappa shape index (κ2) is 34.3. The maximum Gasteiger partial charge on any atom is 0.161 e. The van der Waals surface area contributed by atoms with Crippen molar-refractivity contribution in [2.24, 2.45) is 0 Å². The zero-order valence-corrected chi connectivity index (χ0v) is 77.9. The van der Waals surface area contributed by atoms with E-state index in [4.69, 9.17) is 24.9 Å². The van der Waals surface area contributed by atoms with Crippen molar-refractivity contribution in [3.8, 4) is 102 Å². The summed E-state index contributed by atoms with van der Waals surface area (Å²) in [4.78, 5) is 30.0. The third kappa shape index (κ3) is 13.6. The summed E-state index contributed by atoms with van der Waals surface area (Å²) in [6.07, 6.45) is 5.52. The molecule has 0 amide bonds. The Kier molecular flexibility index (Phi) is 19.7. The molecule has 0 fully saturated rings. The molecule has 0 aliphatic rings. The molecule has 0 aliphatic heterocycles. The van der Waals surface area contributed by atoms with Crippen molar-refractivity contribution in [1.29, 1.82) is 0 Å². The van der Waals surface area contributed by atoms with Crippen LogP contribution in [0, 0.1) is 0 Å². The molecule has 12 nitrogen and oxygen atoms in total. The van der Waals surface area contributed by atoms with E-state index in [1.165, 1.54) is 131 Å². The van der Waals surface area contributed by atoms with Gasteiger partial charge in [0.1, 0.15) is 5.82 Å². The van der Waals surface area contributed by atoms with Gasteiger partial charge in [-0.05, 0) is 166 Å². The lowest BCUT2D eigenvalue weighted by Crippen LogP contribution is -2.04. The van der Waals surface area contributed by atoms with E-state index in [2.05, 4.69) is 487 Å². The predicted octanol–water partition coefficient (Wildman–Crippen LogP) is 33.5. The number of benzene rings is 21. The van der Waals surface area contributed by atoms with E-state index in [1.54, 1.807) is 12.4 Å². The highest BCUT2D eigenvalue weighted by Gasteiger charge is 2.29. The van der Waals surface area contributed by atoms with Crippen molar-refractivity contribution >= 4 is 163 Å². The van der Waals surface area contributed by atoms with Crippen LogP contribution in [0.5, 0.6) is 0 Å². The number of aromatic nitrogens is 12. The van der Waals surface area contributed by atoms with Gasteiger partial charge in [0.05, 0.1) is 88.6 Å². The van der Waals surface area contributed by atoms with Gasteiger partial charge in [0, 0.05) is 139 Å². The van der Waals surface area contributed by atoms with Gasteiger partial charge in [-0.2, -0.15) is 0 Å². The summed E-state index contributed by atoms with van der Waals surface area (Å²) in [5.74, 6) is 2.24. The summed E-state index contributed by atoms with van der Waals surface area (Å²) in [6, 6.07) is 175. The third-order valence-corrected chi connectivity index (χ3v) is 28.6. The Morgan fingerprint density at radius 2 is 0.556 bits per heavy atom. The van der Waals surface area contributed by atoms with Gasteiger partial charge >= 0.3 is 0 Å². The summed E-state index contributed by atoms with van der Waals surface area (Å²) in [6.45, 7) is 0. The van der Waals surface area contributed by atoms with E-state index in [9.17, 15) is 0 Å². The molecule has 672 valence electrons. The summed E-state index contributed by atoms with van der Waals surface area (Å²) in [5.41, 5.74) is 31.6. The van der Waals surface area contributed by atoms with Crippen LogP contribution in [-0.2, 0) is 0 Å². The molecule has 0 bridgehead atoms. The topological polar surface area (TPSA) is 107 Å². The average Bonchev–Trinajstić information content (AvgIpc) is 2.15. The maximum atomic E-state index is 5.38. The Labute approximate surface area is 826 Å². The van der Waals surface area contributed by atoms with E-state index in [1.807, 2.05) is 42.6 Å². The average molecular weight is 1840 g/mol. The Morgan fingerprint density at radius 3 is 1.14 bits per heavy atom. The quantitative estimate of drug-likeness (QED) is 0.121. The smallest absolute Gasteiger partial charge is 0.161 e. The molecule has 0 unspecified atom stereocenters. The van der Waals surface area contributed by atoms with Gasteiger partial charge in [0.15, 0.2) is 11.6 Å². The Bertz CT molecular complexity index is 10300. The van der Waals surface area contributed by atoms with Crippen LogP contribution in [-0.4, -0.2) is 57.3 Å². The number of para-hydroxylation sites is 7. The number of fused-ring (bicyclic) bond motifs is 26. The zero-order valence-electron chi connectivity index (χ0n) is 77.9. The number of rotatable bonds is 12. The first-order valence-corrected chi connectivity index (χ1v) is 48.8. The largest absolute Gasteiger partial charge is 0.309 e. The van der Waals surface area contributed by atoms with Crippen molar-refractivity contribution < 1.29 is 0 Å². The Morgan fingerprint density at radius 1 is 0.167 bits per heavy atom. The van der Waals surface area contributed by atoms with Crippen molar-refractivity contribution in [1.82, 2.24) is 57.3 Å². The van der Waals surface area contributed by atoms with Gasteiger partial charge in [0.25, 0.3) is 0 Å². The van der Waals surface area contributed by atoms with Crippen molar-refractivity contribution in [3.05, 3.63) is 510 Å². The van der Waals surface area contributed by atoms with Crippen LogP contribution in [0.15, 0.2) is 510 Å². The highest BCUT2D eigenvalue weighted by molar-refractivity contribution is 6.37. The van der Waals surface area contributed by atoms with Gasteiger partial charge in [-0.3, -0.25) is 14.5 Å². The fraction of sp³-hybridized carbons (Fsp3) is 0. The molecule has 30 rings (SSSR count). The molecule has 12 heteroatoms. The van der Waals surface area contributed by atoms with E-state index < -0.39 is 0 Å². The molecule has 0 atom stereocenters. The predicted molar refractivity (Wildman–Crippen MR) is 597 cm³/mol. The molecule has 144 heavy (non-hydrogen) atoms. The fourth-order valence-electron chi connectivity index (χ4n) is 22.4. The Balaban J connectivity index is 0.000000106. The van der Waals surface area contributed by atoms with E-state index >= 15 is 0 Å². The number of nitrogens with zero attached hydrogens (tertiary/aromatic N) is 12.